The molecule has 0 fully saturated rings. The van der Waals surface area contributed by atoms with Crippen LogP contribution in [0.4, 0.5) is 0 Å². The molecule has 0 saturated carbocycles. The Balaban J connectivity index is 1.63. The van der Waals surface area contributed by atoms with E-state index in [1.54, 1.807) is 11.6 Å². The lowest BCUT2D eigenvalue weighted by Crippen LogP contribution is -1.90. The van der Waals surface area contributed by atoms with Crippen molar-refractivity contribution >= 4 is 40.1 Å². The van der Waals surface area contributed by atoms with E-state index in [0.29, 0.717) is 10.8 Å². The molecule has 0 spiro atoms. The minimum absolute atomic E-state index is 0.686. The van der Waals surface area contributed by atoms with Gasteiger partial charge in [0.1, 0.15) is 10.8 Å². The Labute approximate surface area is 153 Å². The Morgan fingerprint density at radius 3 is 2.48 bits per heavy atom. The van der Waals surface area contributed by atoms with E-state index in [2.05, 4.69) is 15.3 Å². The van der Waals surface area contributed by atoms with Crippen LogP contribution < -0.4 is 4.74 Å². The third kappa shape index (κ3) is 3.26. The first-order valence-corrected chi connectivity index (χ1v) is 8.73. The Morgan fingerprint density at radius 1 is 1.00 bits per heavy atom. The van der Waals surface area contributed by atoms with E-state index >= 15 is 0 Å². The average molecular weight is 369 g/mol. The zero-order valence-electron chi connectivity index (χ0n) is 13.3. The summed E-state index contributed by atoms with van der Waals surface area (Å²) in [7, 11) is 1.66. The van der Waals surface area contributed by atoms with Crippen LogP contribution in [-0.2, 0) is 0 Å². The zero-order valence-corrected chi connectivity index (χ0v) is 14.8. The number of fused-ring (bicyclic) bond motifs is 1. The number of hydrogen-bond acceptors (Lipinski definition) is 5. The predicted molar refractivity (Wildman–Crippen MR) is 101 cm³/mol. The molecule has 0 N–H and O–H groups in total. The Morgan fingerprint density at radius 2 is 1.76 bits per heavy atom. The molecule has 2 heterocycles. The van der Waals surface area contributed by atoms with Crippen molar-refractivity contribution in [3.63, 3.8) is 0 Å². The maximum absolute atomic E-state index is 5.94. The topological polar surface area (TPSA) is 52.3 Å². The van der Waals surface area contributed by atoms with Crippen molar-refractivity contribution in [2.24, 2.45) is 0 Å². The summed E-state index contributed by atoms with van der Waals surface area (Å²) >= 11 is 7.42. The summed E-state index contributed by atoms with van der Waals surface area (Å²) in [5.41, 5.74) is 2.00. The summed E-state index contributed by atoms with van der Waals surface area (Å²) in [4.78, 5) is 0.749. The van der Waals surface area contributed by atoms with Crippen LogP contribution in [0.15, 0.2) is 48.5 Å². The Hall–Kier alpha value is -2.70. The molecule has 0 saturated heterocycles. The molecule has 0 amide bonds. The zero-order chi connectivity index (χ0) is 17.2. The van der Waals surface area contributed by atoms with Gasteiger partial charge in [-0.15, -0.1) is 10.2 Å². The fourth-order valence-corrected chi connectivity index (χ4v) is 3.23. The number of ether oxygens (including phenoxy) is 1. The molecule has 25 heavy (non-hydrogen) atoms. The number of methoxy groups -OCH3 is 1. The minimum atomic E-state index is 0.686. The van der Waals surface area contributed by atoms with E-state index in [-0.39, 0.29) is 0 Å². The molecule has 0 unspecified atom stereocenters. The molecular weight excluding hydrogens is 356 g/mol. The van der Waals surface area contributed by atoms with Crippen molar-refractivity contribution in [1.82, 2.24) is 19.8 Å². The largest absolute Gasteiger partial charge is 0.497 e. The van der Waals surface area contributed by atoms with E-state index in [9.17, 15) is 0 Å². The highest BCUT2D eigenvalue weighted by molar-refractivity contribution is 7.17. The quantitative estimate of drug-likeness (QED) is 0.524. The van der Waals surface area contributed by atoms with Gasteiger partial charge in [-0.25, -0.2) is 0 Å². The summed E-state index contributed by atoms with van der Waals surface area (Å²) < 4.78 is 6.91. The fraction of sp³-hybridized carbons (Fsp3) is 0.0556. The van der Waals surface area contributed by atoms with E-state index in [1.165, 1.54) is 11.3 Å². The summed E-state index contributed by atoms with van der Waals surface area (Å²) in [5, 5.41) is 14.5. The second-order valence-corrected chi connectivity index (χ2v) is 6.70. The van der Waals surface area contributed by atoms with Crippen LogP contribution >= 0.6 is 22.9 Å². The smallest absolute Gasteiger partial charge is 0.235 e. The lowest BCUT2D eigenvalue weighted by molar-refractivity contribution is 0.415. The summed E-state index contributed by atoms with van der Waals surface area (Å²) in [6.07, 6.45) is 3.97. The molecule has 0 atom stereocenters. The van der Waals surface area contributed by atoms with Gasteiger partial charge in [-0.05, 0) is 48.0 Å². The highest BCUT2D eigenvalue weighted by Crippen LogP contribution is 2.24. The number of benzene rings is 2. The predicted octanol–water partition coefficient (Wildman–Crippen LogP) is 4.69. The van der Waals surface area contributed by atoms with Gasteiger partial charge in [-0.2, -0.15) is 9.61 Å². The highest BCUT2D eigenvalue weighted by Gasteiger charge is 2.12. The fourth-order valence-electron chi connectivity index (χ4n) is 2.36. The van der Waals surface area contributed by atoms with Gasteiger partial charge in [0.25, 0.3) is 0 Å². The van der Waals surface area contributed by atoms with Gasteiger partial charge in [0.15, 0.2) is 5.82 Å². The third-order valence-electron chi connectivity index (χ3n) is 3.64. The highest BCUT2D eigenvalue weighted by atomic mass is 35.5. The van der Waals surface area contributed by atoms with Crippen molar-refractivity contribution in [2.75, 3.05) is 7.11 Å². The molecule has 7 heteroatoms. The van der Waals surface area contributed by atoms with Gasteiger partial charge in [0, 0.05) is 10.6 Å². The Bertz CT molecular complexity index is 1040. The number of hydrogen-bond donors (Lipinski definition) is 0. The van der Waals surface area contributed by atoms with E-state index in [4.69, 9.17) is 16.3 Å². The summed E-state index contributed by atoms with van der Waals surface area (Å²) in [6, 6.07) is 15.3. The molecule has 0 aliphatic rings. The monoisotopic (exact) mass is 368 g/mol. The maximum Gasteiger partial charge on any atom is 0.235 e. The van der Waals surface area contributed by atoms with Crippen molar-refractivity contribution in [2.45, 2.75) is 0 Å². The van der Waals surface area contributed by atoms with Crippen LogP contribution in [0.3, 0.4) is 0 Å². The van der Waals surface area contributed by atoms with Gasteiger partial charge in [0.2, 0.25) is 4.96 Å². The first kappa shape index (κ1) is 15.8. The van der Waals surface area contributed by atoms with E-state index < -0.39 is 0 Å². The van der Waals surface area contributed by atoms with Gasteiger partial charge >= 0.3 is 0 Å². The van der Waals surface area contributed by atoms with Crippen molar-refractivity contribution in [3.8, 4) is 17.1 Å². The number of nitrogens with zero attached hydrogens (tertiary/aromatic N) is 4. The van der Waals surface area contributed by atoms with Crippen LogP contribution in [0.5, 0.6) is 5.75 Å². The van der Waals surface area contributed by atoms with Crippen molar-refractivity contribution < 1.29 is 4.74 Å². The van der Waals surface area contributed by atoms with Crippen LogP contribution in [0, 0.1) is 0 Å². The maximum atomic E-state index is 5.94. The second-order valence-electron chi connectivity index (χ2n) is 5.27. The van der Waals surface area contributed by atoms with Gasteiger partial charge in [-0.3, -0.25) is 0 Å². The molecule has 0 bridgehead atoms. The van der Waals surface area contributed by atoms with Gasteiger partial charge in [-0.1, -0.05) is 41.1 Å². The second kappa shape index (κ2) is 6.66. The molecule has 2 aromatic heterocycles. The average Bonchev–Trinajstić information content (AvgIpc) is 3.21. The van der Waals surface area contributed by atoms with Gasteiger partial charge < -0.3 is 4.74 Å². The SMILES string of the molecule is COc1ccc(/C=C\c2nn3c(-c4ccc(Cl)cc4)nnc3s2)cc1. The number of rotatable bonds is 4. The summed E-state index contributed by atoms with van der Waals surface area (Å²) in [6.45, 7) is 0. The lowest BCUT2D eigenvalue weighted by atomic mass is 10.2. The molecular formula is C18H13ClN4OS. The third-order valence-corrected chi connectivity index (χ3v) is 4.76. The van der Waals surface area contributed by atoms with Gasteiger partial charge in [0.05, 0.1) is 7.11 Å². The number of halogens is 1. The van der Waals surface area contributed by atoms with Crippen molar-refractivity contribution in [1.29, 1.82) is 0 Å². The van der Waals surface area contributed by atoms with Crippen LogP contribution in [0.2, 0.25) is 5.02 Å². The molecule has 4 rings (SSSR count). The Kier molecular flexibility index (Phi) is 4.21. The number of aromatic nitrogens is 4. The van der Waals surface area contributed by atoms with E-state index in [0.717, 1.165) is 26.8 Å². The summed E-state index contributed by atoms with van der Waals surface area (Å²) in [5.74, 6) is 1.54. The van der Waals surface area contributed by atoms with E-state index in [1.807, 2.05) is 60.7 Å². The molecule has 2 aromatic carbocycles. The minimum Gasteiger partial charge on any atom is -0.497 e. The van der Waals surface area contributed by atoms with Crippen LogP contribution in [0.25, 0.3) is 28.5 Å². The van der Waals surface area contributed by atoms with Crippen molar-refractivity contribution in [3.05, 3.63) is 64.1 Å². The first-order chi connectivity index (χ1) is 12.2. The molecule has 0 aliphatic carbocycles. The molecule has 0 radical (unpaired) electrons. The molecule has 124 valence electrons. The first-order valence-electron chi connectivity index (χ1n) is 7.53. The molecule has 0 aliphatic heterocycles. The van der Waals surface area contributed by atoms with Crippen LogP contribution in [-0.4, -0.2) is 26.9 Å². The molecule has 4 aromatic rings. The standard InChI is InChI=1S/C18H13ClN4OS/c1-24-15-9-2-12(3-10-15)4-11-16-22-23-17(20-21-18(23)25-16)13-5-7-14(19)8-6-13/h2-11H,1H3/b11-4-. The molecule has 5 nitrogen and oxygen atoms in total. The van der Waals surface area contributed by atoms with Crippen LogP contribution in [0.1, 0.15) is 10.6 Å². The lowest BCUT2D eigenvalue weighted by Gasteiger charge is -1.98. The normalized spacial score (nSPS) is 11.4.